The summed E-state index contributed by atoms with van der Waals surface area (Å²) in [5.74, 6) is -0.940. The number of hydrogen-bond acceptors (Lipinski definition) is 3. The van der Waals surface area contributed by atoms with E-state index in [0.717, 1.165) is 29.5 Å². The number of nitrogens with one attached hydrogen (secondary N) is 2. The molecule has 8 heteroatoms. The fourth-order valence-corrected chi connectivity index (χ4v) is 2.61. The highest BCUT2D eigenvalue weighted by molar-refractivity contribution is 5.99. The van der Waals surface area contributed by atoms with Gasteiger partial charge < -0.3 is 10.6 Å². The number of fused-ring (bicyclic) bond motifs is 1. The van der Waals surface area contributed by atoms with Gasteiger partial charge in [-0.05, 0) is 30.3 Å². The molecule has 4 aromatic rings. The third-order valence-electron chi connectivity index (χ3n) is 3.79. The largest absolute Gasteiger partial charge is 0.323 e. The number of rotatable bonds is 3. The molecule has 0 unspecified atom stereocenters. The summed E-state index contributed by atoms with van der Waals surface area (Å²) in [6.07, 6.45) is 5.38. The van der Waals surface area contributed by atoms with Crippen molar-refractivity contribution in [2.45, 2.75) is 0 Å². The first kappa shape index (κ1) is 16.6. The predicted molar refractivity (Wildman–Crippen MR) is 97.4 cm³/mol. The van der Waals surface area contributed by atoms with Crippen LogP contribution in [-0.4, -0.2) is 20.4 Å². The number of urea groups is 1. The lowest BCUT2D eigenvalue weighted by Gasteiger charge is -2.08. The van der Waals surface area contributed by atoms with Crippen LogP contribution < -0.4 is 10.6 Å². The molecule has 0 bridgehead atoms. The van der Waals surface area contributed by atoms with Crippen LogP contribution in [0.5, 0.6) is 0 Å². The maximum Gasteiger partial charge on any atom is 0.323 e. The van der Waals surface area contributed by atoms with E-state index in [4.69, 9.17) is 0 Å². The van der Waals surface area contributed by atoms with Gasteiger partial charge in [0, 0.05) is 41.6 Å². The van der Waals surface area contributed by atoms with Crippen molar-refractivity contribution in [3.8, 4) is 11.3 Å². The summed E-state index contributed by atoms with van der Waals surface area (Å²) < 4.78 is 28.1. The zero-order chi connectivity index (χ0) is 18.8. The quantitative estimate of drug-likeness (QED) is 0.568. The van der Waals surface area contributed by atoms with Gasteiger partial charge in [-0.15, -0.1) is 0 Å². The summed E-state index contributed by atoms with van der Waals surface area (Å²) in [4.78, 5) is 20.6. The van der Waals surface area contributed by atoms with Crippen molar-refractivity contribution in [1.29, 1.82) is 0 Å². The first-order valence-electron chi connectivity index (χ1n) is 8.01. The summed E-state index contributed by atoms with van der Waals surface area (Å²) in [5.41, 5.74) is 2.16. The van der Waals surface area contributed by atoms with Crippen LogP contribution in [0.25, 0.3) is 17.0 Å². The highest BCUT2D eigenvalue weighted by Crippen LogP contribution is 2.21. The van der Waals surface area contributed by atoms with Crippen LogP contribution in [0.1, 0.15) is 0 Å². The number of anilines is 2. The molecule has 4 rings (SSSR count). The minimum atomic E-state index is -0.767. The van der Waals surface area contributed by atoms with Crippen LogP contribution in [0.3, 0.4) is 0 Å². The number of nitrogens with zero attached hydrogens (tertiary/aromatic N) is 3. The lowest BCUT2D eigenvalue weighted by molar-refractivity contribution is 0.262. The van der Waals surface area contributed by atoms with E-state index in [1.54, 1.807) is 30.5 Å². The van der Waals surface area contributed by atoms with E-state index < -0.39 is 17.7 Å². The molecule has 2 aromatic carbocycles. The molecule has 2 amide bonds. The van der Waals surface area contributed by atoms with E-state index in [9.17, 15) is 13.6 Å². The summed E-state index contributed by atoms with van der Waals surface area (Å²) in [6.45, 7) is 0. The molecule has 0 aliphatic carbocycles. The highest BCUT2D eigenvalue weighted by atomic mass is 19.1. The monoisotopic (exact) mass is 365 g/mol. The Balaban J connectivity index is 1.46. The fraction of sp³-hybridized carbons (Fsp3) is 0. The number of hydrogen-bond donors (Lipinski definition) is 2. The normalized spacial score (nSPS) is 10.7. The smallest absolute Gasteiger partial charge is 0.308 e. The Morgan fingerprint density at radius 1 is 0.963 bits per heavy atom. The minimum Gasteiger partial charge on any atom is -0.308 e. The predicted octanol–water partition coefficient (Wildman–Crippen LogP) is 4.32. The van der Waals surface area contributed by atoms with Gasteiger partial charge in [-0.3, -0.25) is 4.40 Å². The zero-order valence-corrected chi connectivity index (χ0v) is 13.9. The number of carbonyl (C=O) groups excluding carboxylic acids is 1. The SMILES string of the molecule is O=C(Nc1ccc(-c2cn3cccnc3n2)cc1)Nc1cc(F)cc(F)c1. The highest BCUT2D eigenvalue weighted by Gasteiger charge is 2.08. The number of halogens is 2. The van der Waals surface area contributed by atoms with Gasteiger partial charge in [-0.1, -0.05) is 12.1 Å². The third-order valence-corrected chi connectivity index (χ3v) is 3.79. The number of benzene rings is 2. The molecule has 0 spiro atoms. The molecule has 0 atom stereocenters. The van der Waals surface area contributed by atoms with Crippen molar-refractivity contribution in [2.75, 3.05) is 10.6 Å². The Bertz CT molecular complexity index is 1070. The summed E-state index contributed by atoms with van der Waals surface area (Å²) >= 11 is 0. The van der Waals surface area contributed by atoms with Gasteiger partial charge in [-0.2, -0.15) is 0 Å². The lowest BCUT2D eigenvalue weighted by Crippen LogP contribution is -2.19. The zero-order valence-electron chi connectivity index (χ0n) is 13.9. The third kappa shape index (κ3) is 3.74. The Morgan fingerprint density at radius 2 is 1.67 bits per heavy atom. The molecular weight excluding hydrogens is 352 g/mol. The average Bonchev–Trinajstić information content (AvgIpc) is 3.05. The Hall–Kier alpha value is -3.81. The van der Waals surface area contributed by atoms with Gasteiger partial charge in [0.1, 0.15) is 11.6 Å². The minimum absolute atomic E-state index is 0.0267. The molecule has 6 nitrogen and oxygen atoms in total. The van der Waals surface area contributed by atoms with Crippen LogP contribution >= 0.6 is 0 Å². The van der Waals surface area contributed by atoms with Gasteiger partial charge in [0.15, 0.2) is 0 Å². The fourth-order valence-electron chi connectivity index (χ4n) is 2.61. The van der Waals surface area contributed by atoms with Crippen molar-refractivity contribution in [3.63, 3.8) is 0 Å². The lowest BCUT2D eigenvalue weighted by atomic mass is 10.1. The maximum absolute atomic E-state index is 13.2. The van der Waals surface area contributed by atoms with Gasteiger partial charge >= 0.3 is 6.03 Å². The molecule has 0 saturated heterocycles. The van der Waals surface area contributed by atoms with E-state index in [1.165, 1.54) is 0 Å². The molecule has 2 heterocycles. The van der Waals surface area contributed by atoms with Crippen LogP contribution in [0.4, 0.5) is 25.0 Å². The summed E-state index contributed by atoms with van der Waals surface area (Å²) in [7, 11) is 0. The first-order valence-corrected chi connectivity index (χ1v) is 8.01. The Kier molecular flexibility index (Phi) is 4.21. The van der Waals surface area contributed by atoms with E-state index in [2.05, 4.69) is 20.6 Å². The van der Waals surface area contributed by atoms with Crippen molar-refractivity contribution in [1.82, 2.24) is 14.4 Å². The molecule has 0 aliphatic heterocycles. The van der Waals surface area contributed by atoms with E-state index >= 15 is 0 Å². The van der Waals surface area contributed by atoms with Gasteiger partial charge in [0.05, 0.1) is 5.69 Å². The van der Waals surface area contributed by atoms with Crippen molar-refractivity contribution < 1.29 is 13.6 Å². The second-order valence-electron chi connectivity index (χ2n) is 5.77. The second kappa shape index (κ2) is 6.83. The molecule has 0 fully saturated rings. The molecule has 134 valence electrons. The van der Waals surface area contributed by atoms with Crippen LogP contribution in [0.15, 0.2) is 67.1 Å². The van der Waals surface area contributed by atoms with Crippen molar-refractivity contribution in [3.05, 3.63) is 78.8 Å². The van der Waals surface area contributed by atoms with Gasteiger partial charge in [-0.25, -0.2) is 23.5 Å². The molecule has 27 heavy (non-hydrogen) atoms. The molecule has 2 N–H and O–H groups in total. The molecule has 0 aliphatic rings. The van der Waals surface area contributed by atoms with E-state index in [-0.39, 0.29) is 5.69 Å². The number of aromatic nitrogens is 3. The van der Waals surface area contributed by atoms with E-state index in [0.29, 0.717) is 11.5 Å². The number of imidazole rings is 1. The molecule has 0 radical (unpaired) electrons. The number of amides is 2. The molecule has 2 aromatic heterocycles. The topological polar surface area (TPSA) is 71.3 Å². The van der Waals surface area contributed by atoms with Crippen LogP contribution in [-0.2, 0) is 0 Å². The molecule has 0 saturated carbocycles. The first-order chi connectivity index (χ1) is 13.1. The van der Waals surface area contributed by atoms with Crippen LogP contribution in [0, 0.1) is 11.6 Å². The molecular formula is C19H13F2N5O. The maximum atomic E-state index is 13.2. The standard InChI is InChI=1S/C19H13F2N5O/c20-13-8-14(21)10-16(9-13)24-19(27)23-15-4-2-12(3-5-15)17-11-26-7-1-6-22-18(26)25-17/h1-11H,(H2,23,24,27). The summed E-state index contributed by atoms with van der Waals surface area (Å²) in [6, 6.07) is 11.0. The number of carbonyl (C=O) groups is 1. The van der Waals surface area contributed by atoms with Crippen molar-refractivity contribution in [2.24, 2.45) is 0 Å². The Labute approximate surface area is 152 Å². The van der Waals surface area contributed by atoms with Crippen molar-refractivity contribution >= 4 is 23.2 Å². The average molecular weight is 365 g/mol. The van der Waals surface area contributed by atoms with Gasteiger partial charge in [0.25, 0.3) is 0 Å². The van der Waals surface area contributed by atoms with Gasteiger partial charge in [0.2, 0.25) is 5.78 Å². The summed E-state index contributed by atoms with van der Waals surface area (Å²) in [5, 5.41) is 4.98. The van der Waals surface area contributed by atoms with E-state index in [1.807, 2.05) is 22.9 Å². The Morgan fingerprint density at radius 3 is 2.37 bits per heavy atom. The second-order valence-corrected chi connectivity index (χ2v) is 5.77. The van der Waals surface area contributed by atoms with Crippen LogP contribution in [0.2, 0.25) is 0 Å².